The Labute approximate surface area is 185 Å². The number of aromatic nitrogens is 3. The van der Waals surface area contributed by atoms with Gasteiger partial charge in [0.05, 0.1) is 12.1 Å². The number of carbonyl (C=O) groups is 1. The third kappa shape index (κ3) is 4.51. The van der Waals surface area contributed by atoms with Crippen LogP contribution in [0.2, 0.25) is 0 Å². The summed E-state index contributed by atoms with van der Waals surface area (Å²) in [6.45, 7) is 1.98. The normalized spacial score (nSPS) is 10.9. The third-order valence-corrected chi connectivity index (χ3v) is 5.61. The van der Waals surface area contributed by atoms with Crippen molar-refractivity contribution < 1.29 is 9.90 Å². The average molecular weight is 433 g/mol. The first-order chi connectivity index (χ1) is 15.1. The first-order valence-electron chi connectivity index (χ1n) is 9.99. The Kier molecular flexibility index (Phi) is 6.13. The molecule has 158 valence electrons. The molecule has 0 bridgehead atoms. The second kappa shape index (κ2) is 9.14. The molecule has 0 fully saturated rings. The highest BCUT2D eigenvalue weighted by Crippen LogP contribution is 2.29. The number of hydrogen-bond donors (Lipinski definition) is 2. The molecule has 2 aromatic carbocycles. The first kappa shape index (κ1) is 20.8. The zero-order chi connectivity index (χ0) is 21.8. The van der Waals surface area contributed by atoms with Crippen molar-refractivity contribution in [3.8, 4) is 22.6 Å². The summed E-state index contributed by atoms with van der Waals surface area (Å²) in [5, 5.41) is 9.17. The molecule has 0 aliphatic rings. The highest BCUT2D eigenvalue weighted by molar-refractivity contribution is 7.99. The molecule has 2 aromatic heterocycles. The lowest BCUT2D eigenvalue weighted by molar-refractivity contribution is -0.136. The maximum atomic E-state index is 11.2. The first-order valence-corrected chi connectivity index (χ1v) is 11.2. The number of carboxylic acids is 1. The van der Waals surface area contributed by atoms with E-state index in [-0.39, 0.29) is 6.42 Å². The van der Waals surface area contributed by atoms with E-state index in [0.717, 1.165) is 39.8 Å². The molecule has 0 amide bonds. The third-order valence-electron chi connectivity index (χ3n) is 5.17. The van der Waals surface area contributed by atoms with E-state index < -0.39 is 5.97 Å². The van der Waals surface area contributed by atoms with Crippen LogP contribution < -0.4 is 4.72 Å². The minimum absolute atomic E-state index is 0.0917. The predicted molar refractivity (Wildman–Crippen MR) is 126 cm³/mol. The fraction of sp³-hybridized carbons (Fsp3) is 0.167. The molecule has 2 N–H and O–H groups in total. The molecular formula is C24H24N4O2S. The monoisotopic (exact) mass is 432 g/mol. The van der Waals surface area contributed by atoms with Crippen LogP contribution in [0.4, 0.5) is 5.69 Å². The van der Waals surface area contributed by atoms with Gasteiger partial charge in [0, 0.05) is 41.4 Å². The molecule has 0 saturated carbocycles. The largest absolute Gasteiger partial charge is 0.481 e. The van der Waals surface area contributed by atoms with Gasteiger partial charge < -0.3 is 19.0 Å². The number of aliphatic carboxylic acids is 1. The van der Waals surface area contributed by atoms with Gasteiger partial charge in [-0.1, -0.05) is 24.1 Å². The molecule has 4 rings (SSSR count). The van der Waals surface area contributed by atoms with Crippen LogP contribution >= 0.6 is 11.9 Å². The topological polar surface area (TPSA) is 72.1 Å². The number of aryl methyl sites for hydroxylation is 2. The molecule has 4 aromatic rings. The van der Waals surface area contributed by atoms with Crippen molar-refractivity contribution >= 4 is 23.6 Å². The highest BCUT2D eigenvalue weighted by atomic mass is 32.2. The van der Waals surface area contributed by atoms with Gasteiger partial charge in [0.25, 0.3) is 0 Å². The van der Waals surface area contributed by atoms with E-state index in [2.05, 4.69) is 56.7 Å². The van der Waals surface area contributed by atoms with Gasteiger partial charge in [-0.2, -0.15) is 0 Å². The molecule has 6 nitrogen and oxygen atoms in total. The number of hydrogen-bond acceptors (Lipinski definition) is 4. The van der Waals surface area contributed by atoms with E-state index in [9.17, 15) is 9.90 Å². The zero-order valence-corrected chi connectivity index (χ0v) is 18.3. The van der Waals surface area contributed by atoms with Gasteiger partial charge in [0.1, 0.15) is 5.82 Å². The molecule has 31 heavy (non-hydrogen) atoms. The maximum Gasteiger partial charge on any atom is 0.303 e. The van der Waals surface area contributed by atoms with Gasteiger partial charge in [0.2, 0.25) is 0 Å². The van der Waals surface area contributed by atoms with Crippen molar-refractivity contribution in [1.82, 2.24) is 14.1 Å². The molecule has 0 aliphatic heterocycles. The molecule has 0 saturated heterocycles. The summed E-state index contributed by atoms with van der Waals surface area (Å²) >= 11 is 1.55. The van der Waals surface area contributed by atoms with Gasteiger partial charge in [0.15, 0.2) is 0 Å². The molecule has 0 aliphatic carbocycles. The van der Waals surface area contributed by atoms with Crippen LogP contribution in [0, 0.1) is 6.92 Å². The maximum absolute atomic E-state index is 11.2. The van der Waals surface area contributed by atoms with E-state index in [0.29, 0.717) is 6.42 Å². The summed E-state index contributed by atoms with van der Waals surface area (Å²) in [5.41, 5.74) is 6.14. The standard InChI is InChI=1S/C24H24N4O2S/c1-17-25-15-16-27(17)20-7-3-18(4-8-20)23-13-11-22(12-14-24(29)30)28(23)21-9-5-19(6-10-21)26-31-2/h3-11,13,15-16,26H,12,14H2,1-2H3,(H,29,30). The number of nitrogens with zero attached hydrogens (tertiary/aromatic N) is 3. The van der Waals surface area contributed by atoms with Crippen LogP contribution in [0.5, 0.6) is 0 Å². The minimum Gasteiger partial charge on any atom is -0.481 e. The number of carboxylic acid groups (broad SMARTS) is 1. The smallest absolute Gasteiger partial charge is 0.303 e. The Hall–Kier alpha value is -3.45. The van der Waals surface area contributed by atoms with E-state index in [1.165, 1.54) is 0 Å². The summed E-state index contributed by atoms with van der Waals surface area (Å²) in [7, 11) is 0. The summed E-state index contributed by atoms with van der Waals surface area (Å²) in [6, 6.07) is 20.6. The summed E-state index contributed by atoms with van der Waals surface area (Å²) < 4.78 is 7.41. The molecule has 0 atom stereocenters. The van der Waals surface area contributed by atoms with E-state index >= 15 is 0 Å². The van der Waals surface area contributed by atoms with Crippen LogP contribution in [-0.4, -0.2) is 31.4 Å². The minimum atomic E-state index is -0.797. The Bertz CT molecular complexity index is 1180. The summed E-state index contributed by atoms with van der Waals surface area (Å²) in [4.78, 5) is 15.5. The molecular weight excluding hydrogens is 408 g/mol. The van der Waals surface area contributed by atoms with Crippen molar-refractivity contribution in [2.75, 3.05) is 11.0 Å². The molecule has 0 spiro atoms. The Morgan fingerprint density at radius 2 is 1.74 bits per heavy atom. The number of anilines is 1. The van der Waals surface area contributed by atoms with Crippen LogP contribution in [0.3, 0.4) is 0 Å². The number of imidazole rings is 1. The van der Waals surface area contributed by atoms with Crippen molar-refractivity contribution in [2.45, 2.75) is 19.8 Å². The Morgan fingerprint density at radius 1 is 1.03 bits per heavy atom. The number of benzene rings is 2. The van der Waals surface area contributed by atoms with E-state index in [4.69, 9.17) is 0 Å². The molecule has 7 heteroatoms. The van der Waals surface area contributed by atoms with Crippen molar-refractivity contribution in [3.63, 3.8) is 0 Å². The van der Waals surface area contributed by atoms with Crippen LogP contribution in [0.25, 0.3) is 22.6 Å². The summed E-state index contributed by atoms with van der Waals surface area (Å²) in [6.07, 6.45) is 6.28. The lowest BCUT2D eigenvalue weighted by Crippen LogP contribution is -2.05. The fourth-order valence-corrected chi connectivity index (χ4v) is 4.05. The molecule has 0 radical (unpaired) electrons. The second-order valence-electron chi connectivity index (χ2n) is 7.18. The SMILES string of the molecule is CSNc1ccc(-n2c(CCC(=O)O)ccc2-c2ccc(-n3ccnc3C)cc2)cc1. The Balaban J connectivity index is 1.73. The van der Waals surface area contributed by atoms with E-state index in [1.807, 2.05) is 42.1 Å². The Morgan fingerprint density at radius 3 is 2.35 bits per heavy atom. The van der Waals surface area contributed by atoms with Crippen LogP contribution in [-0.2, 0) is 11.2 Å². The number of nitrogens with one attached hydrogen (secondary N) is 1. The quantitative estimate of drug-likeness (QED) is 0.368. The second-order valence-corrected chi connectivity index (χ2v) is 7.80. The van der Waals surface area contributed by atoms with Gasteiger partial charge in [-0.3, -0.25) is 4.79 Å². The highest BCUT2D eigenvalue weighted by Gasteiger charge is 2.14. The average Bonchev–Trinajstić information content (AvgIpc) is 3.39. The van der Waals surface area contributed by atoms with Gasteiger partial charge in [-0.25, -0.2) is 4.98 Å². The lowest BCUT2D eigenvalue weighted by Gasteiger charge is -2.15. The van der Waals surface area contributed by atoms with Gasteiger partial charge in [-0.05, 0) is 67.4 Å². The molecule has 0 unspecified atom stereocenters. The zero-order valence-electron chi connectivity index (χ0n) is 17.4. The van der Waals surface area contributed by atoms with Crippen molar-refractivity contribution in [3.05, 3.63) is 84.6 Å². The van der Waals surface area contributed by atoms with Crippen molar-refractivity contribution in [1.29, 1.82) is 0 Å². The fourth-order valence-electron chi connectivity index (χ4n) is 3.68. The molecule has 2 heterocycles. The van der Waals surface area contributed by atoms with Crippen molar-refractivity contribution in [2.24, 2.45) is 0 Å². The summed E-state index contributed by atoms with van der Waals surface area (Å²) in [5.74, 6) is 0.139. The van der Waals surface area contributed by atoms with Gasteiger partial charge >= 0.3 is 5.97 Å². The lowest BCUT2D eigenvalue weighted by atomic mass is 10.1. The van der Waals surface area contributed by atoms with Crippen LogP contribution in [0.15, 0.2) is 73.1 Å². The number of rotatable bonds is 8. The van der Waals surface area contributed by atoms with Gasteiger partial charge in [-0.15, -0.1) is 0 Å². The van der Waals surface area contributed by atoms with E-state index in [1.54, 1.807) is 18.1 Å². The predicted octanol–water partition coefficient (Wildman–Crippen LogP) is 5.35. The van der Waals surface area contributed by atoms with Crippen LogP contribution in [0.1, 0.15) is 17.9 Å².